The number of benzene rings is 1. The van der Waals surface area contributed by atoms with E-state index in [2.05, 4.69) is 25.1 Å². The zero-order valence-electron chi connectivity index (χ0n) is 13.3. The highest BCUT2D eigenvalue weighted by atomic mass is 32.1. The summed E-state index contributed by atoms with van der Waals surface area (Å²) in [5, 5.41) is 14.0. The average molecular weight is 339 g/mol. The lowest BCUT2D eigenvalue weighted by molar-refractivity contribution is 0.0923. The summed E-state index contributed by atoms with van der Waals surface area (Å²) in [6.07, 6.45) is 1.71. The van der Waals surface area contributed by atoms with Gasteiger partial charge in [0.15, 0.2) is 0 Å². The molecule has 4 rings (SSSR count). The number of nitrogens with one attached hydrogen (secondary N) is 1. The Morgan fingerprint density at radius 3 is 2.96 bits per heavy atom. The summed E-state index contributed by atoms with van der Waals surface area (Å²) in [5.41, 5.74) is 1.51. The molecule has 0 aliphatic carbocycles. The summed E-state index contributed by atoms with van der Waals surface area (Å²) in [5.74, 6) is 1.77. The maximum absolute atomic E-state index is 12.5. The molecule has 122 valence electrons. The second kappa shape index (κ2) is 6.16. The van der Waals surface area contributed by atoms with Crippen molar-refractivity contribution >= 4 is 17.2 Å². The van der Waals surface area contributed by atoms with E-state index in [4.69, 9.17) is 0 Å². The number of carbonyl (C=O) groups excluding carboxylic acids is 1. The molecule has 24 heavy (non-hydrogen) atoms. The van der Waals surface area contributed by atoms with Crippen LogP contribution >= 0.6 is 11.3 Å². The molecular formula is C17H17N5OS. The third-order valence-corrected chi connectivity index (χ3v) is 5.12. The van der Waals surface area contributed by atoms with Crippen LogP contribution in [0.5, 0.6) is 0 Å². The summed E-state index contributed by atoms with van der Waals surface area (Å²) in [7, 11) is 0. The monoisotopic (exact) mass is 339 g/mol. The van der Waals surface area contributed by atoms with E-state index < -0.39 is 0 Å². The van der Waals surface area contributed by atoms with Crippen LogP contribution in [-0.2, 0) is 13.0 Å². The minimum Gasteiger partial charge on any atom is -0.346 e. The van der Waals surface area contributed by atoms with Crippen LogP contribution in [0.3, 0.4) is 0 Å². The maximum Gasteiger partial charge on any atom is 0.271 e. The lowest BCUT2D eigenvalue weighted by atomic mass is 10.1. The van der Waals surface area contributed by atoms with Gasteiger partial charge in [0.05, 0.1) is 0 Å². The van der Waals surface area contributed by atoms with Crippen LogP contribution < -0.4 is 5.32 Å². The summed E-state index contributed by atoms with van der Waals surface area (Å²) in [6.45, 7) is 2.66. The van der Waals surface area contributed by atoms with Gasteiger partial charge < -0.3 is 9.88 Å². The topological polar surface area (TPSA) is 72.7 Å². The second-order valence-electron chi connectivity index (χ2n) is 5.89. The number of rotatable bonds is 3. The number of aromatic nitrogens is 4. The Morgan fingerprint density at radius 2 is 2.12 bits per heavy atom. The molecule has 0 bridgehead atoms. The molecule has 7 heteroatoms. The molecule has 1 aliphatic heterocycles. The zero-order valence-corrected chi connectivity index (χ0v) is 14.1. The summed E-state index contributed by atoms with van der Waals surface area (Å²) in [4.78, 5) is 17.0. The van der Waals surface area contributed by atoms with Gasteiger partial charge in [-0.2, -0.15) is 0 Å². The molecule has 1 amide bonds. The lowest BCUT2D eigenvalue weighted by Crippen LogP contribution is -2.41. The first kappa shape index (κ1) is 15.0. The van der Waals surface area contributed by atoms with Crippen molar-refractivity contribution < 1.29 is 4.79 Å². The van der Waals surface area contributed by atoms with Gasteiger partial charge in [-0.05, 0) is 13.3 Å². The number of thiazole rings is 1. The van der Waals surface area contributed by atoms with Crippen LogP contribution in [0.15, 0.2) is 35.7 Å². The van der Waals surface area contributed by atoms with Crippen LogP contribution in [-0.4, -0.2) is 31.7 Å². The van der Waals surface area contributed by atoms with Crippen molar-refractivity contribution in [1.29, 1.82) is 0 Å². The predicted octanol–water partition coefficient (Wildman–Crippen LogP) is 2.45. The van der Waals surface area contributed by atoms with Crippen molar-refractivity contribution in [3.05, 3.63) is 53.1 Å². The molecule has 0 radical (unpaired) electrons. The van der Waals surface area contributed by atoms with Crippen molar-refractivity contribution in [2.24, 2.45) is 0 Å². The Morgan fingerprint density at radius 1 is 1.29 bits per heavy atom. The normalized spacial score (nSPS) is 16.6. The van der Waals surface area contributed by atoms with E-state index >= 15 is 0 Å². The minimum atomic E-state index is -0.118. The molecule has 1 aromatic carbocycles. The van der Waals surface area contributed by atoms with Gasteiger partial charge in [0, 0.05) is 30.0 Å². The summed E-state index contributed by atoms with van der Waals surface area (Å²) < 4.78 is 2.07. The molecule has 0 fully saturated rings. The standard InChI is InChI=1S/C17H17N5OS/c1-11-20-21-15-8-7-13(9-22(11)15)18-16(23)14-10-24-17(19-14)12-5-3-2-4-6-12/h2-6,10,13H,7-9H2,1H3,(H,18,23). The van der Waals surface area contributed by atoms with Gasteiger partial charge in [-0.25, -0.2) is 4.98 Å². The van der Waals surface area contributed by atoms with Crippen LogP contribution in [0.2, 0.25) is 0 Å². The van der Waals surface area contributed by atoms with Gasteiger partial charge in [-0.1, -0.05) is 30.3 Å². The fourth-order valence-electron chi connectivity index (χ4n) is 2.93. The first-order valence-corrected chi connectivity index (χ1v) is 8.79. The van der Waals surface area contributed by atoms with E-state index in [9.17, 15) is 4.79 Å². The van der Waals surface area contributed by atoms with Gasteiger partial charge in [0.1, 0.15) is 22.4 Å². The quantitative estimate of drug-likeness (QED) is 0.795. The number of aryl methyl sites for hydroxylation is 2. The molecule has 1 unspecified atom stereocenters. The van der Waals surface area contributed by atoms with E-state index in [1.165, 1.54) is 11.3 Å². The van der Waals surface area contributed by atoms with Crippen molar-refractivity contribution in [2.45, 2.75) is 32.4 Å². The molecule has 3 aromatic rings. The van der Waals surface area contributed by atoms with Gasteiger partial charge in [0.25, 0.3) is 5.91 Å². The molecule has 0 saturated heterocycles. The molecule has 2 aromatic heterocycles. The van der Waals surface area contributed by atoms with E-state index in [-0.39, 0.29) is 11.9 Å². The number of carbonyl (C=O) groups is 1. The van der Waals surface area contributed by atoms with E-state index in [1.54, 1.807) is 0 Å². The lowest BCUT2D eigenvalue weighted by Gasteiger charge is -2.24. The molecule has 1 atom stereocenters. The van der Waals surface area contributed by atoms with Crippen LogP contribution in [0, 0.1) is 6.92 Å². The second-order valence-corrected chi connectivity index (χ2v) is 6.75. The van der Waals surface area contributed by atoms with Crippen molar-refractivity contribution in [1.82, 2.24) is 25.1 Å². The Hall–Kier alpha value is -2.54. The van der Waals surface area contributed by atoms with Gasteiger partial charge in [0.2, 0.25) is 0 Å². The Balaban J connectivity index is 1.46. The summed E-state index contributed by atoms with van der Waals surface area (Å²) >= 11 is 1.49. The highest BCUT2D eigenvalue weighted by molar-refractivity contribution is 7.13. The van der Waals surface area contributed by atoms with Crippen molar-refractivity contribution in [2.75, 3.05) is 0 Å². The smallest absolute Gasteiger partial charge is 0.271 e. The SMILES string of the molecule is Cc1nnc2n1CC(NC(=O)c1csc(-c3ccccc3)n1)CC2. The number of fused-ring (bicyclic) bond motifs is 1. The third kappa shape index (κ3) is 2.82. The van der Waals surface area contributed by atoms with E-state index in [0.29, 0.717) is 5.69 Å². The van der Waals surface area contributed by atoms with Crippen LogP contribution in [0.1, 0.15) is 28.6 Å². The van der Waals surface area contributed by atoms with Crippen LogP contribution in [0.4, 0.5) is 0 Å². The van der Waals surface area contributed by atoms with E-state index in [0.717, 1.165) is 41.6 Å². The fourth-order valence-corrected chi connectivity index (χ4v) is 3.74. The molecule has 6 nitrogen and oxygen atoms in total. The number of nitrogens with zero attached hydrogens (tertiary/aromatic N) is 4. The van der Waals surface area contributed by atoms with E-state index in [1.807, 2.05) is 42.6 Å². The molecule has 1 N–H and O–H groups in total. The Kier molecular flexibility index (Phi) is 3.86. The first-order chi connectivity index (χ1) is 11.7. The predicted molar refractivity (Wildman–Crippen MR) is 91.9 cm³/mol. The molecular weight excluding hydrogens is 322 g/mol. The van der Waals surface area contributed by atoms with Gasteiger partial charge in [-0.3, -0.25) is 4.79 Å². The number of amides is 1. The maximum atomic E-state index is 12.5. The fraction of sp³-hybridized carbons (Fsp3) is 0.294. The minimum absolute atomic E-state index is 0.0848. The Bertz CT molecular complexity index is 870. The zero-order chi connectivity index (χ0) is 16.5. The van der Waals surface area contributed by atoms with Crippen molar-refractivity contribution in [3.8, 4) is 10.6 Å². The van der Waals surface area contributed by atoms with Crippen LogP contribution in [0.25, 0.3) is 10.6 Å². The van der Waals surface area contributed by atoms with Gasteiger partial charge in [-0.15, -0.1) is 21.5 Å². The first-order valence-electron chi connectivity index (χ1n) is 7.91. The van der Waals surface area contributed by atoms with Gasteiger partial charge >= 0.3 is 0 Å². The molecule has 3 heterocycles. The highest BCUT2D eigenvalue weighted by Crippen LogP contribution is 2.23. The number of hydrogen-bond donors (Lipinski definition) is 1. The summed E-state index contributed by atoms with van der Waals surface area (Å²) in [6, 6.07) is 9.99. The Labute approximate surface area is 143 Å². The molecule has 0 saturated carbocycles. The molecule has 0 spiro atoms. The number of hydrogen-bond acceptors (Lipinski definition) is 5. The average Bonchev–Trinajstić information content (AvgIpc) is 3.24. The largest absolute Gasteiger partial charge is 0.346 e. The molecule has 1 aliphatic rings. The van der Waals surface area contributed by atoms with Crippen molar-refractivity contribution in [3.63, 3.8) is 0 Å². The highest BCUT2D eigenvalue weighted by Gasteiger charge is 2.24. The third-order valence-electron chi connectivity index (χ3n) is 4.22.